The first-order chi connectivity index (χ1) is 15.8. The molecule has 0 saturated heterocycles. The number of aromatic nitrogens is 4. The fraction of sp³-hybridized carbons (Fsp3) is 0.381. The third kappa shape index (κ3) is 3.73. The Hall–Kier alpha value is -4.09. The van der Waals surface area contributed by atoms with Gasteiger partial charge in [0, 0.05) is 26.6 Å². The van der Waals surface area contributed by atoms with Gasteiger partial charge in [0.1, 0.15) is 12.2 Å². The van der Waals surface area contributed by atoms with Crippen LogP contribution in [0, 0.1) is 0 Å². The van der Waals surface area contributed by atoms with Gasteiger partial charge in [-0.2, -0.15) is 5.01 Å². The predicted molar refractivity (Wildman–Crippen MR) is 118 cm³/mol. The van der Waals surface area contributed by atoms with Crippen LogP contribution < -0.4 is 20.7 Å². The van der Waals surface area contributed by atoms with Crippen LogP contribution in [0.15, 0.2) is 39.2 Å². The Balaban J connectivity index is 1.68. The molecule has 0 N–H and O–H groups in total. The number of rotatable bonds is 6. The lowest BCUT2D eigenvalue weighted by atomic mass is 10.1. The van der Waals surface area contributed by atoms with Crippen molar-refractivity contribution in [3.8, 4) is 11.5 Å². The molecule has 0 aliphatic carbocycles. The molecule has 0 radical (unpaired) electrons. The first kappa shape index (κ1) is 22.1. The smallest absolute Gasteiger partial charge is 0.332 e. The maximum atomic E-state index is 12.4. The number of amides is 1. The molecule has 1 atom stereocenters. The Morgan fingerprint density at radius 1 is 1.18 bits per heavy atom. The zero-order chi connectivity index (χ0) is 23.9. The number of benzene rings is 1. The van der Waals surface area contributed by atoms with Crippen LogP contribution in [0.2, 0.25) is 0 Å². The number of imidazole rings is 1. The Bertz CT molecular complexity index is 1380. The summed E-state index contributed by atoms with van der Waals surface area (Å²) in [6.45, 7) is 3.80. The average molecular weight is 456 g/mol. The minimum absolute atomic E-state index is 0.0609. The van der Waals surface area contributed by atoms with Gasteiger partial charge in [-0.3, -0.25) is 18.7 Å². The van der Waals surface area contributed by atoms with E-state index in [-0.39, 0.29) is 23.9 Å². The normalized spacial score (nSPS) is 15.5. The molecule has 33 heavy (non-hydrogen) atoms. The summed E-state index contributed by atoms with van der Waals surface area (Å²) in [5.41, 5.74) is 0.143. The van der Waals surface area contributed by atoms with Crippen LogP contribution in [-0.4, -0.2) is 49.2 Å². The number of hydrogen-bond acceptors (Lipinski definition) is 8. The molecule has 0 bridgehead atoms. The number of ether oxygens (including phenoxy) is 3. The van der Waals surface area contributed by atoms with Gasteiger partial charge in [0.15, 0.2) is 17.0 Å². The van der Waals surface area contributed by atoms with Gasteiger partial charge >= 0.3 is 5.69 Å². The van der Waals surface area contributed by atoms with Crippen molar-refractivity contribution < 1.29 is 19.0 Å². The molecule has 12 nitrogen and oxygen atoms in total. The van der Waals surface area contributed by atoms with Gasteiger partial charge < -0.3 is 18.8 Å². The molecule has 1 aromatic carbocycles. The first-order valence-electron chi connectivity index (χ1n) is 10.2. The third-order valence-electron chi connectivity index (χ3n) is 5.30. The zero-order valence-electron chi connectivity index (χ0n) is 18.9. The van der Waals surface area contributed by atoms with Crippen LogP contribution in [-0.2, 0) is 30.2 Å². The van der Waals surface area contributed by atoms with Crippen molar-refractivity contribution in [2.24, 2.45) is 19.2 Å². The fourth-order valence-electron chi connectivity index (χ4n) is 3.70. The molecule has 2 aromatic heterocycles. The molecule has 0 saturated carbocycles. The summed E-state index contributed by atoms with van der Waals surface area (Å²) in [7, 11) is 4.48. The fourth-order valence-corrected chi connectivity index (χ4v) is 3.70. The predicted octanol–water partition coefficient (Wildman–Crippen LogP) is 0.732. The molecule has 1 aliphatic heterocycles. The first-order valence-corrected chi connectivity index (χ1v) is 10.2. The van der Waals surface area contributed by atoms with E-state index < -0.39 is 17.5 Å². The van der Waals surface area contributed by atoms with E-state index in [1.54, 1.807) is 29.8 Å². The SMILES string of the molecule is CCOc1ccc(C2OC(Cn3cnc4c(=O)n(C)c(=O)n(C)c43)=NN2C(C)=O)cc1OC. The Kier molecular flexibility index (Phi) is 5.66. The molecule has 174 valence electrons. The number of nitrogens with zero attached hydrogens (tertiary/aromatic N) is 6. The van der Waals surface area contributed by atoms with Gasteiger partial charge in [0.2, 0.25) is 18.0 Å². The van der Waals surface area contributed by atoms with Gasteiger partial charge in [-0.05, 0) is 25.1 Å². The summed E-state index contributed by atoms with van der Waals surface area (Å²) in [5.74, 6) is 0.973. The lowest BCUT2D eigenvalue weighted by molar-refractivity contribution is -0.135. The second-order valence-electron chi connectivity index (χ2n) is 7.42. The minimum Gasteiger partial charge on any atom is -0.493 e. The monoisotopic (exact) mass is 456 g/mol. The van der Waals surface area contributed by atoms with Crippen LogP contribution in [0.25, 0.3) is 11.2 Å². The molecule has 3 heterocycles. The highest BCUT2D eigenvalue weighted by molar-refractivity contribution is 5.83. The van der Waals surface area contributed by atoms with Gasteiger partial charge in [0.25, 0.3) is 5.56 Å². The van der Waals surface area contributed by atoms with Gasteiger partial charge in [-0.25, -0.2) is 9.78 Å². The lowest BCUT2D eigenvalue weighted by Crippen LogP contribution is -2.37. The molecule has 0 spiro atoms. The minimum atomic E-state index is -0.812. The molecular formula is C21H24N6O6. The number of carbonyl (C=O) groups excluding carboxylic acids is 1. The van der Waals surface area contributed by atoms with Crippen molar-refractivity contribution >= 4 is 23.0 Å². The zero-order valence-corrected chi connectivity index (χ0v) is 18.9. The highest BCUT2D eigenvalue weighted by Crippen LogP contribution is 2.35. The van der Waals surface area contributed by atoms with E-state index in [0.29, 0.717) is 29.3 Å². The average Bonchev–Trinajstić information content (AvgIpc) is 3.42. The number of methoxy groups -OCH3 is 1. The maximum absolute atomic E-state index is 12.4. The molecule has 1 amide bonds. The highest BCUT2D eigenvalue weighted by Gasteiger charge is 2.33. The molecule has 0 fully saturated rings. The summed E-state index contributed by atoms with van der Waals surface area (Å²) < 4.78 is 20.9. The van der Waals surface area contributed by atoms with Gasteiger partial charge in [-0.15, -0.1) is 5.10 Å². The van der Waals surface area contributed by atoms with E-state index in [1.807, 2.05) is 6.92 Å². The molecule has 1 aliphatic rings. The van der Waals surface area contributed by atoms with E-state index in [0.717, 1.165) is 4.57 Å². The van der Waals surface area contributed by atoms with Gasteiger partial charge in [0.05, 0.1) is 20.0 Å². The largest absolute Gasteiger partial charge is 0.493 e. The van der Waals surface area contributed by atoms with E-state index >= 15 is 0 Å². The van der Waals surface area contributed by atoms with Crippen LogP contribution in [0.1, 0.15) is 25.6 Å². The van der Waals surface area contributed by atoms with Crippen molar-refractivity contribution in [2.75, 3.05) is 13.7 Å². The van der Waals surface area contributed by atoms with E-state index in [4.69, 9.17) is 14.2 Å². The van der Waals surface area contributed by atoms with Crippen LogP contribution in [0.3, 0.4) is 0 Å². The van der Waals surface area contributed by atoms with Crippen LogP contribution in [0.5, 0.6) is 11.5 Å². The van der Waals surface area contributed by atoms with E-state index in [1.165, 1.54) is 37.0 Å². The van der Waals surface area contributed by atoms with Gasteiger partial charge in [-0.1, -0.05) is 0 Å². The summed E-state index contributed by atoms with van der Waals surface area (Å²) in [5, 5.41) is 5.54. The summed E-state index contributed by atoms with van der Waals surface area (Å²) in [6.07, 6.45) is 0.622. The highest BCUT2D eigenvalue weighted by atomic mass is 16.5. The van der Waals surface area contributed by atoms with E-state index in [9.17, 15) is 14.4 Å². The van der Waals surface area contributed by atoms with Crippen LogP contribution in [0.4, 0.5) is 0 Å². The molecular weight excluding hydrogens is 432 g/mol. The molecule has 4 rings (SSSR count). The maximum Gasteiger partial charge on any atom is 0.332 e. The van der Waals surface area contributed by atoms with Crippen LogP contribution >= 0.6 is 0 Å². The van der Waals surface area contributed by atoms with Crippen molar-refractivity contribution in [2.45, 2.75) is 26.6 Å². The molecule has 12 heteroatoms. The van der Waals surface area contributed by atoms with Crippen molar-refractivity contribution in [1.82, 2.24) is 23.7 Å². The molecule has 3 aromatic rings. The van der Waals surface area contributed by atoms with Crippen molar-refractivity contribution in [3.05, 3.63) is 50.9 Å². The van der Waals surface area contributed by atoms with E-state index in [2.05, 4.69) is 10.1 Å². The second kappa shape index (κ2) is 8.45. The number of aryl methyl sites for hydroxylation is 1. The van der Waals surface area contributed by atoms with Crippen molar-refractivity contribution in [1.29, 1.82) is 0 Å². The Labute approximate surface area is 188 Å². The number of carbonyl (C=O) groups is 1. The quantitative estimate of drug-likeness (QED) is 0.536. The summed E-state index contributed by atoms with van der Waals surface area (Å²) >= 11 is 0. The lowest BCUT2D eigenvalue weighted by Gasteiger charge is -2.20. The summed E-state index contributed by atoms with van der Waals surface area (Å²) in [4.78, 5) is 41.2. The molecule has 1 unspecified atom stereocenters. The Morgan fingerprint density at radius 2 is 1.94 bits per heavy atom. The summed E-state index contributed by atoms with van der Waals surface area (Å²) in [6, 6.07) is 5.24. The van der Waals surface area contributed by atoms with Crippen molar-refractivity contribution in [3.63, 3.8) is 0 Å². The number of fused-ring (bicyclic) bond motifs is 1. The number of hydrazone groups is 1. The standard InChI is InChI=1S/C21H24N6O6/c1-6-32-14-8-7-13(9-15(14)31-5)20-27(12(2)28)23-16(33-20)10-26-11-22-17-18(26)24(3)21(30)25(4)19(17)29/h7-9,11,20H,6,10H2,1-5H3. The Morgan fingerprint density at radius 3 is 2.61 bits per heavy atom. The number of hydrogen-bond donors (Lipinski definition) is 0. The second-order valence-corrected chi connectivity index (χ2v) is 7.42. The topological polar surface area (TPSA) is 122 Å². The third-order valence-corrected chi connectivity index (χ3v) is 5.30.